The first kappa shape index (κ1) is 14.7. The van der Waals surface area contributed by atoms with Crippen LogP contribution in [0.5, 0.6) is 0 Å². The van der Waals surface area contributed by atoms with E-state index in [1.165, 1.54) is 4.31 Å². The Morgan fingerprint density at radius 3 is 2.56 bits per heavy atom. The zero-order valence-electron chi connectivity index (χ0n) is 10.5. The SMILES string of the molecule is CCN(Cc1cccc(C)c1)S(=O)(=O)CC(=O)O. The molecule has 0 spiro atoms. The molecular weight excluding hydrogens is 254 g/mol. The van der Waals surface area contributed by atoms with E-state index in [0.29, 0.717) is 0 Å². The Kier molecular flexibility index (Phi) is 4.86. The van der Waals surface area contributed by atoms with Gasteiger partial charge in [0, 0.05) is 13.1 Å². The third kappa shape index (κ3) is 4.12. The lowest BCUT2D eigenvalue weighted by molar-refractivity contribution is -0.134. The molecule has 1 aromatic rings. The van der Waals surface area contributed by atoms with Crippen molar-refractivity contribution < 1.29 is 18.3 Å². The molecule has 0 fully saturated rings. The molecule has 0 saturated carbocycles. The maximum Gasteiger partial charge on any atom is 0.320 e. The molecule has 0 aromatic heterocycles. The van der Waals surface area contributed by atoms with Gasteiger partial charge in [0.25, 0.3) is 0 Å². The molecule has 1 aromatic carbocycles. The van der Waals surface area contributed by atoms with Gasteiger partial charge in [-0.1, -0.05) is 36.8 Å². The van der Waals surface area contributed by atoms with Crippen LogP contribution in [0.25, 0.3) is 0 Å². The molecule has 0 atom stereocenters. The summed E-state index contributed by atoms with van der Waals surface area (Å²) in [6, 6.07) is 7.48. The van der Waals surface area contributed by atoms with Crippen LogP contribution in [-0.4, -0.2) is 36.1 Å². The fraction of sp³-hybridized carbons (Fsp3) is 0.417. The Morgan fingerprint density at radius 1 is 1.39 bits per heavy atom. The molecule has 6 heteroatoms. The topological polar surface area (TPSA) is 74.7 Å². The summed E-state index contributed by atoms with van der Waals surface area (Å²) in [6.45, 7) is 4.07. The van der Waals surface area contributed by atoms with Gasteiger partial charge < -0.3 is 5.11 Å². The van der Waals surface area contributed by atoms with Crippen molar-refractivity contribution >= 4 is 16.0 Å². The highest BCUT2D eigenvalue weighted by Gasteiger charge is 2.23. The predicted molar refractivity (Wildman–Crippen MR) is 68.7 cm³/mol. The average molecular weight is 271 g/mol. The number of sulfonamides is 1. The molecule has 0 aliphatic heterocycles. The number of carboxylic acids is 1. The molecule has 0 aliphatic rings. The zero-order valence-corrected chi connectivity index (χ0v) is 11.3. The number of aliphatic carboxylic acids is 1. The van der Waals surface area contributed by atoms with E-state index < -0.39 is 21.7 Å². The van der Waals surface area contributed by atoms with E-state index in [1.807, 2.05) is 31.2 Å². The van der Waals surface area contributed by atoms with Crippen LogP contribution in [0.3, 0.4) is 0 Å². The summed E-state index contributed by atoms with van der Waals surface area (Å²) < 4.78 is 24.8. The van der Waals surface area contributed by atoms with E-state index in [9.17, 15) is 13.2 Å². The third-order valence-electron chi connectivity index (χ3n) is 2.49. The highest BCUT2D eigenvalue weighted by molar-refractivity contribution is 7.89. The molecule has 5 nitrogen and oxygen atoms in total. The number of aryl methyl sites for hydroxylation is 1. The summed E-state index contributed by atoms with van der Waals surface area (Å²) in [5.41, 5.74) is 1.89. The summed E-state index contributed by atoms with van der Waals surface area (Å²) in [5, 5.41) is 8.60. The second-order valence-corrected chi connectivity index (χ2v) is 6.03. The lowest BCUT2D eigenvalue weighted by Gasteiger charge is -2.19. The van der Waals surface area contributed by atoms with Crippen molar-refractivity contribution in [1.82, 2.24) is 4.31 Å². The van der Waals surface area contributed by atoms with Gasteiger partial charge in [-0.05, 0) is 12.5 Å². The Bertz CT molecular complexity index is 525. The van der Waals surface area contributed by atoms with Gasteiger partial charge in [-0.3, -0.25) is 4.79 Å². The van der Waals surface area contributed by atoms with Crippen molar-refractivity contribution in [2.24, 2.45) is 0 Å². The maximum atomic E-state index is 11.8. The van der Waals surface area contributed by atoms with Crippen LogP contribution in [0.15, 0.2) is 24.3 Å². The van der Waals surface area contributed by atoms with E-state index >= 15 is 0 Å². The number of nitrogens with zero attached hydrogens (tertiary/aromatic N) is 1. The molecule has 100 valence electrons. The highest BCUT2D eigenvalue weighted by Crippen LogP contribution is 2.11. The van der Waals surface area contributed by atoms with Gasteiger partial charge in [-0.15, -0.1) is 0 Å². The minimum Gasteiger partial charge on any atom is -0.480 e. The van der Waals surface area contributed by atoms with E-state index in [4.69, 9.17) is 5.11 Å². The number of rotatable bonds is 6. The number of hydrogen-bond acceptors (Lipinski definition) is 3. The normalized spacial score (nSPS) is 11.7. The molecule has 1 N–H and O–H groups in total. The Morgan fingerprint density at radius 2 is 2.06 bits per heavy atom. The molecule has 0 amide bonds. The van der Waals surface area contributed by atoms with Crippen LogP contribution < -0.4 is 0 Å². The summed E-state index contributed by atoms with van der Waals surface area (Å²) >= 11 is 0. The Balaban J connectivity index is 2.88. The molecule has 0 bridgehead atoms. The first-order valence-corrected chi connectivity index (χ1v) is 7.21. The van der Waals surface area contributed by atoms with Gasteiger partial charge in [0.2, 0.25) is 10.0 Å². The van der Waals surface area contributed by atoms with Gasteiger partial charge in [-0.2, -0.15) is 4.31 Å². The molecular formula is C12H17NO4S. The molecule has 0 unspecified atom stereocenters. The first-order chi connectivity index (χ1) is 8.35. The van der Waals surface area contributed by atoms with Gasteiger partial charge in [0.15, 0.2) is 5.75 Å². The first-order valence-electron chi connectivity index (χ1n) is 5.60. The van der Waals surface area contributed by atoms with Crippen molar-refractivity contribution in [1.29, 1.82) is 0 Å². The smallest absolute Gasteiger partial charge is 0.320 e. The predicted octanol–water partition coefficient (Wildman–Crippen LogP) is 1.23. The summed E-state index contributed by atoms with van der Waals surface area (Å²) in [5.74, 6) is -2.20. The van der Waals surface area contributed by atoms with Crippen LogP contribution >= 0.6 is 0 Å². The van der Waals surface area contributed by atoms with E-state index in [0.717, 1.165) is 11.1 Å². The molecule has 18 heavy (non-hydrogen) atoms. The minimum atomic E-state index is -3.75. The van der Waals surface area contributed by atoms with Crippen LogP contribution in [0, 0.1) is 6.92 Å². The second kappa shape index (κ2) is 5.97. The summed E-state index contributed by atoms with van der Waals surface area (Å²) in [4.78, 5) is 10.5. The van der Waals surface area contributed by atoms with Crippen LogP contribution in [0.1, 0.15) is 18.1 Å². The van der Waals surface area contributed by atoms with Gasteiger partial charge in [-0.25, -0.2) is 8.42 Å². The Hall–Kier alpha value is -1.40. The lowest BCUT2D eigenvalue weighted by Crippen LogP contribution is -2.34. The summed E-state index contributed by atoms with van der Waals surface area (Å²) in [7, 11) is -3.75. The van der Waals surface area contributed by atoms with Crippen molar-refractivity contribution in [3.8, 4) is 0 Å². The highest BCUT2D eigenvalue weighted by atomic mass is 32.2. The molecule has 0 aliphatic carbocycles. The Labute approximate surface area is 107 Å². The fourth-order valence-corrected chi connectivity index (χ4v) is 2.90. The van der Waals surface area contributed by atoms with Gasteiger partial charge in [0.1, 0.15) is 0 Å². The van der Waals surface area contributed by atoms with Crippen LogP contribution in [0.2, 0.25) is 0 Å². The number of carbonyl (C=O) groups is 1. The van der Waals surface area contributed by atoms with Gasteiger partial charge in [0.05, 0.1) is 0 Å². The van der Waals surface area contributed by atoms with Crippen molar-refractivity contribution in [3.63, 3.8) is 0 Å². The van der Waals surface area contributed by atoms with Crippen LogP contribution in [-0.2, 0) is 21.4 Å². The molecule has 0 heterocycles. The van der Waals surface area contributed by atoms with E-state index in [2.05, 4.69) is 0 Å². The van der Waals surface area contributed by atoms with E-state index in [-0.39, 0.29) is 13.1 Å². The molecule has 0 saturated heterocycles. The number of benzene rings is 1. The second-order valence-electron chi connectivity index (χ2n) is 4.07. The maximum absolute atomic E-state index is 11.8. The van der Waals surface area contributed by atoms with Gasteiger partial charge >= 0.3 is 5.97 Å². The third-order valence-corrected chi connectivity index (χ3v) is 4.28. The average Bonchev–Trinajstić information content (AvgIpc) is 2.24. The largest absolute Gasteiger partial charge is 0.480 e. The van der Waals surface area contributed by atoms with Crippen LogP contribution in [0.4, 0.5) is 0 Å². The van der Waals surface area contributed by atoms with Crippen molar-refractivity contribution in [2.45, 2.75) is 20.4 Å². The standard InChI is InChI=1S/C12H17NO4S/c1-3-13(18(16,17)9-12(14)15)8-11-6-4-5-10(2)7-11/h4-7H,3,8-9H2,1-2H3,(H,14,15). The number of hydrogen-bond donors (Lipinski definition) is 1. The molecule has 1 rings (SSSR count). The quantitative estimate of drug-likeness (QED) is 0.844. The minimum absolute atomic E-state index is 0.202. The molecule has 0 radical (unpaired) electrons. The van der Waals surface area contributed by atoms with Crippen molar-refractivity contribution in [3.05, 3.63) is 35.4 Å². The monoisotopic (exact) mass is 271 g/mol. The fourth-order valence-electron chi connectivity index (χ4n) is 1.67. The lowest BCUT2D eigenvalue weighted by atomic mass is 10.1. The zero-order chi connectivity index (χ0) is 13.8. The number of carboxylic acid groups (broad SMARTS) is 1. The van der Waals surface area contributed by atoms with E-state index in [1.54, 1.807) is 6.92 Å². The summed E-state index contributed by atoms with van der Waals surface area (Å²) in [6.07, 6.45) is 0. The van der Waals surface area contributed by atoms with Crippen molar-refractivity contribution in [2.75, 3.05) is 12.3 Å².